The van der Waals surface area contributed by atoms with Crippen LogP contribution in [-0.4, -0.2) is 23.4 Å². The van der Waals surface area contributed by atoms with E-state index in [1.165, 1.54) is 51.4 Å². The summed E-state index contributed by atoms with van der Waals surface area (Å²) in [5.74, 6) is 1.63. The first-order valence-electron chi connectivity index (χ1n) is 8.56. The summed E-state index contributed by atoms with van der Waals surface area (Å²) in [7, 11) is 0. The largest absolute Gasteiger partial charge is 0.390 e. The summed E-state index contributed by atoms with van der Waals surface area (Å²) >= 11 is 0. The van der Waals surface area contributed by atoms with Crippen molar-refractivity contribution in [2.45, 2.75) is 96.4 Å². The zero-order chi connectivity index (χ0) is 13.7. The van der Waals surface area contributed by atoms with E-state index in [0.29, 0.717) is 6.10 Å². The molecule has 0 aliphatic heterocycles. The average molecular weight is 268 g/mol. The van der Waals surface area contributed by atoms with E-state index in [2.05, 4.69) is 13.8 Å². The molecule has 2 rings (SSSR count). The number of aliphatic hydroxyl groups is 1. The average Bonchev–Trinajstić information content (AvgIpc) is 2.43. The summed E-state index contributed by atoms with van der Waals surface area (Å²) < 4.78 is 6.30. The van der Waals surface area contributed by atoms with Crippen LogP contribution in [0.25, 0.3) is 0 Å². The quantitative estimate of drug-likeness (QED) is 0.805. The van der Waals surface area contributed by atoms with E-state index in [-0.39, 0.29) is 12.2 Å². The number of rotatable bonds is 5. The number of aliphatic hydroxyl groups excluding tert-OH is 1. The SMILES string of the molecule is CCCC1CCC(O)C(OC2CCCC(CC)C2)C1. The molecule has 5 unspecified atom stereocenters. The lowest BCUT2D eigenvalue weighted by Crippen LogP contribution is -2.39. The van der Waals surface area contributed by atoms with Crippen LogP contribution < -0.4 is 0 Å². The van der Waals surface area contributed by atoms with Gasteiger partial charge in [-0.05, 0) is 43.9 Å². The normalized spacial score (nSPS) is 40.3. The fourth-order valence-electron chi connectivity index (χ4n) is 4.00. The lowest BCUT2D eigenvalue weighted by Gasteiger charge is -2.38. The molecule has 1 N–H and O–H groups in total. The number of hydrogen-bond acceptors (Lipinski definition) is 2. The molecule has 0 amide bonds. The smallest absolute Gasteiger partial charge is 0.0840 e. The Kier molecular flexibility index (Phi) is 6.15. The minimum absolute atomic E-state index is 0.117. The maximum atomic E-state index is 10.2. The van der Waals surface area contributed by atoms with Crippen molar-refractivity contribution in [3.8, 4) is 0 Å². The van der Waals surface area contributed by atoms with E-state index in [4.69, 9.17) is 4.74 Å². The third-order valence-electron chi connectivity index (χ3n) is 5.24. The third-order valence-corrected chi connectivity index (χ3v) is 5.24. The van der Waals surface area contributed by atoms with E-state index >= 15 is 0 Å². The van der Waals surface area contributed by atoms with Gasteiger partial charge >= 0.3 is 0 Å². The lowest BCUT2D eigenvalue weighted by atomic mass is 9.82. The molecule has 112 valence electrons. The maximum Gasteiger partial charge on any atom is 0.0840 e. The second kappa shape index (κ2) is 7.64. The molecule has 0 radical (unpaired) electrons. The highest BCUT2D eigenvalue weighted by Crippen LogP contribution is 2.34. The maximum absolute atomic E-state index is 10.2. The van der Waals surface area contributed by atoms with Gasteiger partial charge < -0.3 is 9.84 Å². The Morgan fingerprint density at radius 3 is 2.58 bits per heavy atom. The Morgan fingerprint density at radius 1 is 1.00 bits per heavy atom. The van der Waals surface area contributed by atoms with Gasteiger partial charge in [0.25, 0.3) is 0 Å². The van der Waals surface area contributed by atoms with Gasteiger partial charge in [-0.2, -0.15) is 0 Å². The van der Waals surface area contributed by atoms with Crippen molar-refractivity contribution in [2.75, 3.05) is 0 Å². The van der Waals surface area contributed by atoms with Crippen LogP contribution in [0.15, 0.2) is 0 Å². The van der Waals surface area contributed by atoms with Crippen molar-refractivity contribution in [1.29, 1.82) is 0 Å². The minimum atomic E-state index is -0.213. The van der Waals surface area contributed by atoms with Gasteiger partial charge in [-0.3, -0.25) is 0 Å². The Labute approximate surface area is 118 Å². The topological polar surface area (TPSA) is 29.5 Å². The molecule has 2 heteroatoms. The van der Waals surface area contributed by atoms with Crippen molar-refractivity contribution in [3.05, 3.63) is 0 Å². The molecule has 19 heavy (non-hydrogen) atoms. The highest BCUT2D eigenvalue weighted by atomic mass is 16.5. The van der Waals surface area contributed by atoms with Crippen LogP contribution in [0.2, 0.25) is 0 Å². The van der Waals surface area contributed by atoms with Crippen molar-refractivity contribution in [1.82, 2.24) is 0 Å². The molecule has 0 aromatic heterocycles. The van der Waals surface area contributed by atoms with E-state index < -0.39 is 0 Å². The van der Waals surface area contributed by atoms with E-state index in [1.54, 1.807) is 0 Å². The summed E-state index contributed by atoms with van der Waals surface area (Å²) in [5, 5.41) is 10.2. The molecule has 2 aliphatic carbocycles. The van der Waals surface area contributed by atoms with Gasteiger partial charge in [0, 0.05) is 0 Å². The van der Waals surface area contributed by atoms with E-state index in [1.807, 2.05) is 0 Å². The van der Waals surface area contributed by atoms with Crippen LogP contribution in [0.3, 0.4) is 0 Å². The first kappa shape index (κ1) is 15.3. The summed E-state index contributed by atoms with van der Waals surface area (Å²) in [6, 6.07) is 0. The molecule has 0 aromatic rings. The molecule has 2 fully saturated rings. The summed E-state index contributed by atoms with van der Waals surface area (Å²) in [5.41, 5.74) is 0. The Bertz CT molecular complexity index is 254. The second-order valence-electron chi connectivity index (χ2n) is 6.77. The molecular weight excluding hydrogens is 236 g/mol. The summed E-state index contributed by atoms with van der Waals surface area (Å²) in [6.45, 7) is 4.55. The molecule has 5 atom stereocenters. The lowest BCUT2D eigenvalue weighted by molar-refractivity contribution is -0.117. The van der Waals surface area contributed by atoms with Crippen LogP contribution in [0.4, 0.5) is 0 Å². The molecule has 0 heterocycles. The first-order chi connectivity index (χ1) is 9.22. The predicted molar refractivity (Wildman–Crippen MR) is 79.2 cm³/mol. The van der Waals surface area contributed by atoms with Crippen molar-refractivity contribution < 1.29 is 9.84 Å². The molecular formula is C17H32O2. The fourth-order valence-corrected chi connectivity index (χ4v) is 4.00. The molecule has 2 aliphatic rings. The second-order valence-corrected chi connectivity index (χ2v) is 6.77. The van der Waals surface area contributed by atoms with Crippen LogP contribution in [0, 0.1) is 11.8 Å². The molecule has 0 bridgehead atoms. The van der Waals surface area contributed by atoms with Gasteiger partial charge in [0.1, 0.15) is 0 Å². The molecule has 0 saturated heterocycles. The van der Waals surface area contributed by atoms with Crippen LogP contribution in [0.1, 0.15) is 78.1 Å². The molecule has 2 nitrogen and oxygen atoms in total. The third kappa shape index (κ3) is 4.46. The van der Waals surface area contributed by atoms with Crippen molar-refractivity contribution in [3.63, 3.8) is 0 Å². The van der Waals surface area contributed by atoms with E-state index in [0.717, 1.165) is 24.7 Å². The zero-order valence-corrected chi connectivity index (χ0v) is 12.8. The molecule has 2 saturated carbocycles. The Hall–Kier alpha value is -0.0800. The highest BCUT2D eigenvalue weighted by Gasteiger charge is 2.32. The Morgan fingerprint density at radius 2 is 1.84 bits per heavy atom. The Balaban J connectivity index is 1.82. The van der Waals surface area contributed by atoms with Crippen molar-refractivity contribution in [2.24, 2.45) is 11.8 Å². The van der Waals surface area contributed by atoms with Crippen LogP contribution in [-0.2, 0) is 4.74 Å². The molecule has 0 spiro atoms. The minimum Gasteiger partial charge on any atom is -0.390 e. The zero-order valence-electron chi connectivity index (χ0n) is 12.8. The van der Waals surface area contributed by atoms with Gasteiger partial charge in [0.05, 0.1) is 18.3 Å². The van der Waals surface area contributed by atoms with Crippen LogP contribution in [0.5, 0.6) is 0 Å². The monoisotopic (exact) mass is 268 g/mol. The van der Waals surface area contributed by atoms with Crippen LogP contribution >= 0.6 is 0 Å². The van der Waals surface area contributed by atoms with Gasteiger partial charge in [0.15, 0.2) is 0 Å². The summed E-state index contributed by atoms with van der Waals surface area (Å²) in [6.07, 6.45) is 12.5. The summed E-state index contributed by atoms with van der Waals surface area (Å²) in [4.78, 5) is 0. The highest BCUT2D eigenvalue weighted by molar-refractivity contribution is 4.83. The van der Waals surface area contributed by atoms with E-state index in [9.17, 15) is 5.11 Å². The standard InChI is InChI=1S/C17H32O2/c1-3-6-14-9-10-16(18)17(12-14)19-15-8-5-7-13(4-2)11-15/h13-18H,3-12H2,1-2H3. The van der Waals surface area contributed by atoms with Gasteiger partial charge in [-0.25, -0.2) is 0 Å². The van der Waals surface area contributed by atoms with Gasteiger partial charge in [0.2, 0.25) is 0 Å². The molecule has 0 aromatic carbocycles. The predicted octanol–water partition coefficient (Wildman–Crippen LogP) is 4.30. The van der Waals surface area contributed by atoms with Crippen molar-refractivity contribution >= 4 is 0 Å². The van der Waals surface area contributed by atoms with Gasteiger partial charge in [-0.1, -0.05) is 46.0 Å². The first-order valence-corrected chi connectivity index (χ1v) is 8.56. The van der Waals surface area contributed by atoms with Gasteiger partial charge in [-0.15, -0.1) is 0 Å². The fraction of sp³-hybridized carbons (Fsp3) is 1.00. The number of ether oxygens (including phenoxy) is 1. The number of hydrogen-bond donors (Lipinski definition) is 1.